The SMILES string of the molecule is S=P1(NC2CCCCC2)Oc2ccc3ccccc3c2-c2c(ccc3ccccc23)O1. The summed E-state index contributed by atoms with van der Waals surface area (Å²) in [4.78, 5) is 0. The molecule has 0 unspecified atom stereocenters. The molecule has 5 heteroatoms. The lowest BCUT2D eigenvalue weighted by Crippen LogP contribution is -2.31. The van der Waals surface area contributed by atoms with Gasteiger partial charge in [0, 0.05) is 29.0 Å². The van der Waals surface area contributed by atoms with E-state index in [0.29, 0.717) is 6.04 Å². The summed E-state index contributed by atoms with van der Waals surface area (Å²) in [5.74, 6) is 1.61. The van der Waals surface area contributed by atoms with Gasteiger partial charge in [0.15, 0.2) is 0 Å². The first-order valence-corrected chi connectivity index (χ1v) is 13.6. The van der Waals surface area contributed by atoms with E-state index in [1.807, 2.05) is 0 Å². The number of nitrogens with one attached hydrogen (secondary N) is 1. The van der Waals surface area contributed by atoms with Crippen LogP contribution in [0.4, 0.5) is 0 Å². The van der Waals surface area contributed by atoms with E-state index in [9.17, 15) is 0 Å². The molecule has 0 bridgehead atoms. The maximum absolute atomic E-state index is 6.58. The maximum atomic E-state index is 6.58. The molecule has 0 amide bonds. The van der Waals surface area contributed by atoms with Crippen LogP contribution in [0, 0.1) is 0 Å². The van der Waals surface area contributed by atoms with Crippen molar-refractivity contribution in [3.8, 4) is 22.6 Å². The van der Waals surface area contributed by atoms with Gasteiger partial charge in [-0.2, -0.15) is 0 Å². The van der Waals surface area contributed by atoms with Gasteiger partial charge in [0.2, 0.25) is 0 Å². The summed E-state index contributed by atoms with van der Waals surface area (Å²) in [5, 5.41) is 8.30. The van der Waals surface area contributed by atoms with Gasteiger partial charge in [-0.05, 0) is 46.5 Å². The molecular formula is C26H24NO2PS. The highest BCUT2D eigenvalue weighted by molar-refractivity contribution is 8.09. The van der Waals surface area contributed by atoms with Crippen molar-refractivity contribution < 1.29 is 9.05 Å². The normalized spacial score (nSPS) is 17.9. The van der Waals surface area contributed by atoms with Crippen LogP contribution in [0.3, 0.4) is 0 Å². The van der Waals surface area contributed by atoms with E-state index >= 15 is 0 Å². The molecule has 31 heavy (non-hydrogen) atoms. The number of fused-ring (bicyclic) bond motifs is 7. The number of hydrogen-bond donors (Lipinski definition) is 1. The summed E-state index contributed by atoms with van der Waals surface area (Å²) in [6.07, 6.45) is 6.01. The van der Waals surface area contributed by atoms with E-state index < -0.39 is 6.64 Å². The third-order valence-electron chi connectivity index (χ3n) is 6.41. The summed E-state index contributed by atoms with van der Waals surface area (Å²) in [6, 6.07) is 25.6. The summed E-state index contributed by atoms with van der Waals surface area (Å²) < 4.78 is 13.2. The van der Waals surface area contributed by atoms with Crippen LogP contribution >= 0.6 is 6.64 Å². The van der Waals surface area contributed by atoms with Gasteiger partial charge >= 0.3 is 6.64 Å². The topological polar surface area (TPSA) is 30.5 Å². The second-order valence-electron chi connectivity index (χ2n) is 8.46. The standard InChI is InChI=1S/C26H24NO2PS/c31-30(27-20-10-2-1-3-11-20)28-23-16-14-18-8-4-6-12-21(18)25(23)26-22-13-7-5-9-19(22)15-17-24(26)29-30/h4-9,12-17,20H,1-3,10-11H2,(H,27,31). The summed E-state index contributed by atoms with van der Waals surface area (Å²) in [6.45, 7) is -2.76. The van der Waals surface area contributed by atoms with Crippen molar-refractivity contribution in [2.24, 2.45) is 0 Å². The molecular weight excluding hydrogens is 421 g/mol. The fourth-order valence-electron chi connectivity index (χ4n) is 4.96. The minimum absolute atomic E-state index is 0.352. The molecule has 4 aromatic rings. The highest BCUT2D eigenvalue weighted by atomic mass is 32.5. The van der Waals surface area contributed by atoms with E-state index in [4.69, 9.17) is 20.9 Å². The van der Waals surface area contributed by atoms with Gasteiger partial charge in [-0.15, -0.1) is 0 Å². The molecule has 3 nitrogen and oxygen atoms in total. The van der Waals surface area contributed by atoms with Crippen LogP contribution in [0.5, 0.6) is 11.5 Å². The van der Waals surface area contributed by atoms with Crippen LogP contribution in [-0.2, 0) is 11.8 Å². The molecule has 0 aromatic heterocycles. The Balaban J connectivity index is 1.61. The second kappa shape index (κ2) is 7.63. The third kappa shape index (κ3) is 3.43. The molecule has 0 spiro atoms. The Morgan fingerprint density at radius 1 is 0.677 bits per heavy atom. The monoisotopic (exact) mass is 445 g/mol. The highest BCUT2D eigenvalue weighted by Gasteiger charge is 2.34. The van der Waals surface area contributed by atoms with Crippen molar-refractivity contribution in [1.82, 2.24) is 5.09 Å². The van der Waals surface area contributed by atoms with Crippen molar-refractivity contribution in [2.45, 2.75) is 38.1 Å². The van der Waals surface area contributed by atoms with Crippen LogP contribution in [0.1, 0.15) is 32.1 Å². The van der Waals surface area contributed by atoms with Gasteiger partial charge in [0.25, 0.3) is 0 Å². The first kappa shape index (κ1) is 19.3. The molecule has 0 atom stereocenters. The van der Waals surface area contributed by atoms with Gasteiger partial charge in [-0.1, -0.05) is 79.9 Å². The van der Waals surface area contributed by atoms with E-state index in [-0.39, 0.29) is 0 Å². The number of rotatable bonds is 2. The molecule has 156 valence electrons. The fourth-order valence-corrected chi connectivity index (χ4v) is 7.56. The average molecular weight is 446 g/mol. The zero-order valence-corrected chi connectivity index (χ0v) is 18.9. The van der Waals surface area contributed by atoms with Crippen LogP contribution in [-0.4, -0.2) is 6.04 Å². The van der Waals surface area contributed by atoms with Gasteiger partial charge in [0.1, 0.15) is 11.5 Å². The molecule has 4 aromatic carbocycles. The molecule has 0 radical (unpaired) electrons. The average Bonchev–Trinajstić information content (AvgIpc) is 2.93. The van der Waals surface area contributed by atoms with E-state index in [1.54, 1.807) is 0 Å². The molecule has 1 fully saturated rings. The zero-order valence-electron chi connectivity index (χ0n) is 17.2. The van der Waals surface area contributed by atoms with Crippen LogP contribution in [0.25, 0.3) is 32.7 Å². The Labute approximate surface area is 187 Å². The lowest BCUT2D eigenvalue weighted by molar-refractivity contribution is 0.390. The lowest BCUT2D eigenvalue weighted by atomic mass is 9.92. The smallest absolute Gasteiger partial charge is 0.365 e. The highest BCUT2D eigenvalue weighted by Crippen LogP contribution is 2.57. The fraction of sp³-hybridized carbons (Fsp3) is 0.231. The molecule has 0 saturated heterocycles. The first-order valence-electron chi connectivity index (χ1n) is 11.0. The second-order valence-corrected chi connectivity index (χ2v) is 11.5. The molecule has 2 aliphatic rings. The van der Waals surface area contributed by atoms with Crippen molar-refractivity contribution in [3.63, 3.8) is 0 Å². The molecule has 1 N–H and O–H groups in total. The number of benzene rings is 4. The molecule has 6 rings (SSSR count). The van der Waals surface area contributed by atoms with Crippen LogP contribution in [0.2, 0.25) is 0 Å². The first-order chi connectivity index (χ1) is 15.2. The largest absolute Gasteiger partial charge is 0.424 e. The van der Waals surface area contributed by atoms with E-state index in [0.717, 1.165) is 46.2 Å². The van der Waals surface area contributed by atoms with Gasteiger partial charge in [0.05, 0.1) is 0 Å². The van der Waals surface area contributed by atoms with Gasteiger partial charge in [-0.25, -0.2) is 5.09 Å². The summed E-state index contributed by atoms with van der Waals surface area (Å²) in [5.41, 5.74) is 2.14. The summed E-state index contributed by atoms with van der Waals surface area (Å²) >= 11 is 6.07. The predicted octanol–water partition coefficient (Wildman–Crippen LogP) is 7.58. The third-order valence-corrected chi connectivity index (χ3v) is 8.73. The van der Waals surface area contributed by atoms with Gasteiger partial charge in [-0.3, -0.25) is 0 Å². The predicted molar refractivity (Wildman–Crippen MR) is 132 cm³/mol. The molecule has 1 aliphatic heterocycles. The van der Waals surface area contributed by atoms with Crippen molar-refractivity contribution in [3.05, 3.63) is 72.8 Å². The number of hydrogen-bond acceptors (Lipinski definition) is 3. The van der Waals surface area contributed by atoms with Crippen LogP contribution < -0.4 is 14.1 Å². The Morgan fingerprint density at radius 2 is 1.19 bits per heavy atom. The quantitative estimate of drug-likeness (QED) is 0.322. The molecule has 1 heterocycles. The lowest BCUT2D eigenvalue weighted by Gasteiger charge is -2.29. The minimum atomic E-state index is -2.76. The van der Waals surface area contributed by atoms with Crippen molar-refractivity contribution in [1.29, 1.82) is 0 Å². The Kier molecular flexibility index (Phi) is 4.75. The van der Waals surface area contributed by atoms with Gasteiger partial charge < -0.3 is 9.05 Å². The summed E-state index contributed by atoms with van der Waals surface area (Å²) in [7, 11) is 0. The van der Waals surface area contributed by atoms with Crippen LogP contribution in [0.15, 0.2) is 72.8 Å². The van der Waals surface area contributed by atoms with Crippen molar-refractivity contribution >= 4 is 40.0 Å². The molecule has 1 aliphatic carbocycles. The molecule has 1 saturated carbocycles. The Hall–Kier alpha value is -2.39. The van der Waals surface area contributed by atoms with Crippen molar-refractivity contribution in [2.75, 3.05) is 0 Å². The van der Waals surface area contributed by atoms with E-state index in [2.05, 4.69) is 77.9 Å². The van der Waals surface area contributed by atoms with E-state index in [1.165, 1.54) is 30.0 Å². The Bertz CT molecular complexity index is 1250. The Morgan fingerprint density at radius 3 is 1.74 bits per heavy atom. The maximum Gasteiger partial charge on any atom is 0.365 e. The minimum Gasteiger partial charge on any atom is -0.424 e. The zero-order chi connectivity index (χ0) is 20.8.